The molecule has 2 aliphatic heterocycles. The minimum Gasteiger partial charge on any atom is -0.356 e. The highest BCUT2D eigenvalue weighted by molar-refractivity contribution is 7.10. The fraction of sp³-hybridized carbons (Fsp3) is 0.345. The van der Waals surface area contributed by atoms with Crippen molar-refractivity contribution in [3.05, 3.63) is 70.1 Å². The van der Waals surface area contributed by atoms with E-state index < -0.39 is 0 Å². The van der Waals surface area contributed by atoms with Gasteiger partial charge < -0.3 is 19.7 Å². The Labute approximate surface area is 236 Å². The molecule has 206 valence electrons. The smallest absolute Gasteiger partial charge is 0.257 e. The largest absolute Gasteiger partial charge is 0.356 e. The predicted molar refractivity (Wildman–Crippen MR) is 156 cm³/mol. The zero-order valence-corrected chi connectivity index (χ0v) is 23.6. The van der Waals surface area contributed by atoms with E-state index >= 15 is 0 Å². The molecule has 6 rings (SSSR count). The molecule has 0 radical (unpaired) electrons. The summed E-state index contributed by atoms with van der Waals surface area (Å²) in [4.78, 5) is 36.3. The van der Waals surface area contributed by atoms with Gasteiger partial charge in [0.05, 0.1) is 22.3 Å². The van der Waals surface area contributed by atoms with Crippen LogP contribution < -0.4 is 10.2 Å². The van der Waals surface area contributed by atoms with Crippen LogP contribution in [0.4, 0.5) is 16.0 Å². The van der Waals surface area contributed by atoms with Gasteiger partial charge in [0.2, 0.25) is 0 Å². The number of thiazole rings is 1. The van der Waals surface area contributed by atoms with E-state index in [1.54, 1.807) is 24.7 Å². The number of piperidine rings is 1. The van der Waals surface area contributed by atoms with Crippen LogP contribution in [0.25, 0.3) is 22.9 Å². The minimum atomic E-state index is -0.207. The van der Waals surface area contributed by atoms with Crippen LogP contribution in [0, 0.1) is 12.7 Å². The molecule has 1 N–H and O–H groups in total. The number of nitrogens with zero attached hydrogens (tertiary/aromatic N) is 7. The van der Waals surface area contributed by atoms with Crippen LogP contribution in [0.3, 0.4) is 0 Å². The Morgan fingerprint density at radius 3 is 2.77 bits per heavy atom. The summed E-state index contributed by atoms with van der Waals surface area (Å²) in [6.45, 7) is 5.06. The number of fused-ring (bicyclic) bond motifs is 1. The number of carbonyl (C=O) groups is 1. The summed E-state index contributed by atoms with van der Waals surface area (Å²) in [7, 11) is 4.13. The molecule has 1 aromatic carbocycles. The average Bonchev–Trinajstić information content (AvgIpc) is 3.69. The van der Waals surface area contributed by atoms with Crippen LogP contribution in [0.2, 0.25) is 0 Å². The molecular weight excluding hydrogens is 527 g/mol. The lowest BCUT2D eigenvalue weighted by atomic mass is 9.95. The van der Waals surface area contributed by atoms with E-state index in [9.17, 15) is 9.18 Å². The lowest BCUT2D eigenvalue weighted by molar-refractivity contribution is -0.110. The number of nitrogens with one attached hydrogen (secondary N) is 1. The number of carbonyl (C=O) groups excluding carboxylic acids is 1. The van der Waals surface area contributed by atoms with Crippen LogP contribution in [0.5, 0.6) is 0 Å². The van der Waals surface area contributed by atoms with E-state index in [1.165, 1.54) is 23.7 Å². The highest BCUT2D eigenvalue weighted by Gasteiger charge is 2.33. The summed E-state index contributed by atoms with van der Waals surface area (Å²) in [6, 6.07) is 5.18. The van der Waals surface area contributed by atoms with Gasteiger partial charge in [-0.05, 0) is 63.7 Å². The van der Waals surface area contributed by atoms with Crippen molar-refractivity contribution < 1.29 is 9.18 Å². The van der Waals surface area contributed by atoms with Gasteiger partial charge in [-0.1, -0.05) is 0 Å². The number of amides is 1. The predicted octanol–water partition coefficient (Wildman–Crippen LogP) is 4.68. The number of rotatable bonds is 7. The van der Waals surface area contributed by atoms with Crippen LogP contribution >= 0.6 is 11.3 Å². The Balaban J connectivity index is 1.26. The molecular formula is C29H31FN8OS. The van der Waals surface area contributed by atoms with Gasteiger partial charge in [0.15, 0.2) is 0 Å². The number of hydrogen-bond donors (Lipinski definition) is 1. The lowest BCUT2D eigenvalue weighted by Gasteiger charge is -2.33. The maximum absolute atomic E-state index is 13.9. The summed E-state index contributed by atoms with van der Waals surface area (Å²) in [5.41, 5.74) is 5.48. The first-order valence-electron chi connectivity index (χ1n) is 13.4. The number of benzene rings is 1. The van der Waals surface area contributed by atoms with E-state index in [4.69, 9.17) is 4.98 Å². The quantitative estimate of drug-likeness (QED) is 0.329. The van der Waals surface area contributed by atoms with Crippen molar-refractivity contribution in [1.29, 1.82) is 0 Å². The molecule has 40 heavy (non-hydrogen) atoms. The molecule has 0 atom stereocenters. The molecule has 1 amide bonds. The fourth-order valence-electron chi connectivity index (χ4n) is 5.36. The number of likely N-dealkylation sites (N-methyl/N-ethyl adjacent to an activating group) is 1. The Hall–Kier alpha value is -3.96. The standard InChI is InChI=1S/C29H31FN8OS/c1-18-12-20(4-5-23(18)30)24-15-38(11-10-36(2)3)27(34-24)19-6-8-37(9-7-19)28-25-22(13-21-14-31-17-40-21)29(39)35-26(25)32-16-33-28/h4-5,12-17,19H,6-11H2,1-3H3,(H,32,33,35,39)/b22-13-. The van der Waals surface area contributed by atoms with Gasteiger partial charge in [0.25, 0.3) is 5.91 Å². The van der Waals surface area contributed by atoms with Crippen molar-refractivity contribution >= 4 is 40.5 Å². The second-order valence-electron chi connectivity index (χ2n) is 10.5. The van der Waals surface area contributed by atoms with Crippen molar-refractivity contribution in [1.82, 2.24) is 29.4 Å². The van der Waals surface area contributed by atoms with Gasteiger partial charge >= 0.3 is 0 Å². The van der Waals surface area contributed by atoms with Gasteiger partial charge in [-0.25, -0.2) is 19.3 Å². The Kier molecular flexibility index (Phi) is 7.16. The van der Waals surface area contributed by atoms with Gasteiger partial charge in [0.1, 0.15) is 29.6 Å². The summed E-state index contributed by atoms with van der Waals surface area (Å²) in [6.07, 6.45) is 9.02. The molecule has 0 saturated carbocycles. The second-order valence-corrected chi connectivity index (χ2v) is 11.5. The van der Waals surface area contributed by atoms with Crippen LogP contribution in [-0.2, 0) is 11.3 Å². The number of hydrogen-bond acceptors (Lipinski definition) is 8. The molecule has 0 spiro atoms. The molecule has 1 saturated heterocycles. The Morgan fingerprint density at radius 2 is 2.05 bits per heavy atom. The molecule has 5 heterocycles. The van der Waals surface area contributed by atoms with Crippen LogP contribution in [0.1, 0.15) is 40.6 Å². The zero-order chi connectivity index (χ0) is 27.8. The van der Waals surface area contributed by atoms with E-state index in [0.29, 0.717) is 17.0 Å². The van der Waals surface area contributed by atoms with Crippen LogP contribution in [0.15, 0.2) is 42.4 Å². The van der Waals surface area contributed by atoms with E-state index in [2.05, 4.69) is 54.9 Å². The molecule has 11 heteroatoms. The van der Waals surface area contributed by atoms with Crippen LogP contribution in [-0.4, -0.2) is 69.0 Å². The summed E-state index contributed by atoms with van der Waals surface area (Å²) in [5, 5.41) is 2.89. The zero-order valence-electron chi connectivity index (χ0n) is 22.8. The topological polar surface area (TPSA) is 92.1 Å². The summed E-state index contributed by atoms with van der Waals surface area (Å²) < 4.78 is 16.2. The Morgan fingerprint density at radius 1 is 1.23 bits per heavy atom. The number of aryl methyl sites for hydroxylation is 1. The summed E-state index contributed by atoms with van der Waals surface area (Å²) in [5.74, 6) is 2.28. The van der Waals surface area contributed by atoms with E-state index in [1.807, 2.05) is 12.1 Å². The number of halogens is 1. The van der Waals surface area contributed by atoms with Gasteiger partial charge in [-0.2, -0.15) is 0 Å². The van der Waals surface area contributed by atoms with Crippen molar-refractivity contribution in [2.45, 2.75) is 32.2 Å². The van der Waals surface area contributed by atoms with E-state index in [-0.39, 0.29) is 17.6 Å². The van der Waals surface area contributed by atoms with Gasteiger partial charge in [-0.15, -0.1) is 11.3 Å². The SMILES string of the molecule is Cc1cc(-c2cn(CCN(C)C)c(C3CCN(c4ncnc5c4/C(=C/c4cncs4)C(=O)N5)CC3)n2)ccc1F. The van der Waals surface area contributed by atoms with Gasteiger partial charge in [-0.3, -0.25) is 9.78 Å². The molecule has 0 unspecified atom stereocenters. The third-order valence-corrected chi connectivity index (χ3v) is 8.24. The first-order chi connectivity index (χ1) is 19.4. The average molecular weight is 559 g/mol. The van der Waals surface area contributed by atoms with Crippen molar-refractivity contribution in [2.75, 3.05) is 43.9 Å². The maximum Gasteiger partial charge on any atom is 0.257 e. The van der Waals surface area contributed by atoms with Crippen molar-refractivity contribution in [2.24, 2.45) is 0 Å². The minimum absolute atomic E-state index is 0.175. The first kappa shape index (κ1) is 26.3. The van der Waals surface area contributed by atoms with Crippen molar-refractivity contribution in [3.8, 4) is 11.3 Å². The highest BCUT2D eigenvalue weighted by Crippen LogP contribution is 2.40. The van der Waals surface area contributed by atoms with E-state index in [0.717, 1.165) is 72.4 Å². The monoisotopic (exact) mass is 558 g/mol. The third kappa shape index (κ3) is 5.14. The van der Waals surface area contributed by atoms with Crippen molar-refractivity contribution in [3.63, 3.8) is 0 Å². The molecule has 3 aromatic heterocycles. The third-order valence-electron chi connectivity index (χ3n) is 7.52. The second kappa shape index (κ2) is 10.9. The number of anilines is 2. The lowest BCUT2D eigenvalue weighted by Crippen LogP contribution is -2.35. The Bertz CT molecular complexity index is 1570. The fourth-order valence-corrected chi connectivity index (χ4v) is 5.91. The number of imidazole rings is 1. The normalized spacial score (nSPS) is 16.7. The molecule has 9 nitrogen and oxygen atoms in total. The maximum atomic E-state index is 13.9. The number of aromatic nitrogens is 5. The molecule has 2 aliphatic rings. The molecule has 1 fully saturated rings. The highest BCUT2D eigenvalue weighted by atomic mass is 32.1. The molecule has 4 aromatic rings. The van der Waals surface area contributed by atoms with Gasteiger partial charge in [0, 0.05) is 54.9 Å². The molecule has 0 aliphatic carbocycles. The first-order valence-corrected chi connectivity index (χ1v) is 14.3. The molecule has 0 bridgehead atoms. The summed E-state index contributed by atoms with van der Waals surface area (Å²) >= 11 is 1.48.